The minimum absolute atomic E-state index is 0.474. The van der Waals surface area contributed by atoms with Crippen LogP contribution >= 0.6 is 0 Å². The average molecular weight is 388 g/mol. The van der Waals surface area contributed by atoms with Crippen molar-refractivity contribution in [1.29, 1.82) is 0 Å². The maximum absolute atomic E-state index is 5.73. The Morgan fingerprint density at radius 1 is 1.03 bits per heavy atom. The first-order valence-corrected chi connectivity index (χ1v) is 9.38. The van der Waals surface area contributed by atoms with Gasteiger partial charge in [0.25, 0.3) is 0 Å². The lowest BCUT2D eigenvalue weighted by molar-refractivity contribution is 0.122. The number of aromatic amines is 1. The molecule has 0 aliphatic carbocycles. The first-order valence-electron chi connectivity index (χ1n) is 9.38. The van der Waals surface area contributed by atoms with Crippen LogP contribution in [0.15, 0.2) is 48.8 Å². The van der Waals surface area contributed by atoms with Gasteiger partial charge in [0.05, 0.1) is 30.6 Å². The first kappa shape index (κ1) is 17.4. The molecular formula is C20H20N8O. The molecule has 1 aromatic carbocycles. The van der Waals surface area contributed by atoms with E-state index in [9.17, 15) is 0 Å². The van der Waals surface area contributed by atoms with Crippen molar-refractivity contribution in [3.63, 3.8) is 0 Å². The highest BCUT2D eigenvalue weighted by atomic mass is 16.5. The van der Waals surface area contributed by atoms with Gasteiger partial charge in [0.1, 0.15) is 11.6 Å². The van der Waals surface area contributed by atoms with Crippen LogP contribution in [0.2, 0.25) is 0 Å². The van der Waals surface area contributed by atoms with E-state index in [1.807, 2.05) is 30.3 Å². The molecule has 9 heteroatoms. The van der Waals surface area contributed by atoms with Crippen LogP contribution in [0.25, 0.3) is 22.2 Å². The van der Waals surface area contributed by atoms with Gasteiger partial charge in [0.2, 0.25) is 5.95 Å². The number of morpholine rings is 1. The lowest BCUT2D eigenvalue weighted by atomic mass is 10.2. The van der Waals surface area contributed by atoms with Crippen LogP contribution in [0.3, 0.4) is 0 Å². The van der Waals surface area contributed by atoms with Gasteiger partial charge >= 0.3 is 0 Å². The normalized spacial score (nSPS) is 14.3. The van der Waals surface area contributed by atoms with Gasteiger partial charge < -0.3 is 20.7 Å². The third kappa shape index (κ3) is 3.67. The number of aromatic nitrogens is 5. The largest absolute Gasteiger partial charge is 0.384 e. The molecule has 3 aromatic heterocycles. The lowest BCUT2D eigenvalue weighted by Gasteiger charge is -2.27. The van der Waals surface area contributed by atoms with E-state index in [1.165, 1.54) is 0 Å². The van der Waals surface area contributed by atoms with Gasteiger partial charge in [-0.1, -0.05) is 0 Å². The number of ether oxygens (including phenoxy) is 1. The smallest absolute Gasteiger partial charge is 0.228 e. The highest BCUT2D eigenvalue weighted by Gasteiger charge is 2.17. The Labute approximate surface area is 167 Å². The summed E-state index contributed by atoms with van der Waals surface area (Å²) in [5.74, 6) is 1.84. The first-order chi connectivity index (χ1) is 14.2. The predicted molar refractivity (Wildman–Crippen MR) is 112 cm³/mol. The molecule has 0 unspecified atom stereocenters. The maximum atomic E-state index is 5.73. The van der Waals surface area contributed by atoms with Crippen molar-refractivity contribution < 1.29 is 4.74 Å². The molecule has 1 saturated heterocycles. The Kier molecular flexibility index (Phi) is 4.41. The van der Waals surface area contributed by atoms with E-state index < -0.39 is 0 Å². The van der Waals surface area contributed by atoms with E-state index in [-0.39, 0.29) is 0 Å². The Balaban J connectivity index is 1.53. The van der Waals surface area contributed by atoms with E-state index in [0.29, 0.717) is 30.8 Å². The summed E-state index contributed by atoms with van der Waals surface area (Å²) in [6, 6.07) is 11.6. The molecule has 0 bridgehead atoms. The van der Waals surface area contributed by atoms with Gasteiger partial charge in [0.15, 0.2) is 0 Å². The zero-order valence-corrected chi connectivity index (χ0v) is 15.7. The van der Waals surface area contributed by atoms with E-state index in [0.717, 1.165) is 40.9 Å². The summed E-state index contributed by atoms with van der Waals surface area (Å²) < 4.78 is 5.46. The molecular weight excluding hydrogens is 368 g/mol. The average Bonchev–Trinajstić information content (AvgIpc) is 3.23. The fourth-order valence-electron chi connectivity index (χ4n) is 3.27. The molecule has 9 nitrogen and oxygen atoms in total. The fraction of sp³-hybridized carbons (Fsp3) is 0.200. The molecule has 5 rings (SSSR count). The second-order valence-corrected chi connectivity index (χ2v) is 6.81. The van der Waals surface area contributed by atoms with Gasteiger partial charge in [-0.05, 0) is 30.3 Å². The zero-order chi connectivity index (χ0) is 19.6. The molecule has 4 N–H and O–H groups in total. The number of benzene rings is 1. The van der Waals surface area contributed by atoms with Gasteiger partial charge in [-0.25, -0.2) is 9.97 Å². The highest BCUT2D eigenvalue weighted by molar-refractivity contribution is 5.82. The standard InChI is InChI=1S/C20H20N8O/c21-18-4-2-13(11-22-18)16-10-19(26-20(25-16)28-5-7-29-8-6-28)24-15-3-1-14-12-23-27-17(14)9-15/h1-4,9-12H,5-8H2,(H2,21,22)(H,23,27)(H,24,25,26). The van der Waals surface area contributed by atoms with Crippen molar-refractivity contribution >= 4 is 34.2 Å². The van der Waals surface area contributed by atoms with E-state index in [4.69, 9.17) is 20.4 Å². The number of nitrogens with two attached hydrogens (primary N) is 1. The summed E-state index contributed by atoms with van der Waals surface area (Å²) in [5.41, 5.74) is 9.26. The van der Waals surface area contributed by atoms with Crippen molar-refractivity contribution in [3.8, 4) is 11.3 Å². The Morgan fingerprint density at radius 2 is 1.93 bits per heavy atom. The van der Waals surface area contributed by atoms with Crippen LogP contribution in [-0.4, -0.2) is 51.5 Å². The Hall–Kier alpha value is -3.72. The monoisotopic (exact) mass is 388 g/mol. The van der Waals surface area contributed by atoms with Crippen LogP contribution in [0.5, 0.6) is 0 Å². The number of H-pyrrole nitrogens is 1. The lowest BCUT2D eigenvalue weighted by Crippen LogP contribution is -2.37. The Morgan fingerprint density at radius 3 is 2.76 bits per heavy atom. The van der Waals surface area contributed by atoms with E-state index in [2.05, 4.69) is 25.4 Å². The van der Waals surface area contributed by atoms with E-state index in [1.54, 1.807) is 18.5 Å². The Bertz CT molecular complexity index is 1130. The summed E-state index contributed by atoms with van der Waals surface area (Å²) in [7, 11) is 0. The molecule has 4 heterocycles. The number of rotatable bonds is 4. The minimum atomic E-state index is 0.474. The second-order valence-electron chi connectivity index (χ2n) is 6.81. The number of anilines is 4. The summed E-state index contributed by atoms with van der Waals surface area (Å²) >= 11 is 0. The molecule has 29 heavy (non-hydrogen) atoms. The second kappa shape index (κ2) is 7.36. The maximum Gasteiger partial charge on any atom is 0.228 e. The highest BCUT2D eigenvalue weighted by Crippen LogP contribution is 2.26. The number of hydrogen-bond acceptors (Lipinski definition) is 8. The number of nitrogens with one attached hydrogen (secondary N) is 2. The predicted octanol–water partition coefficient (Wildman–Crippen LogP) is 2.58. The summed E-state index contributed by atoms with van der Waals surface area (Å²) in [5, 5.41) is 11.5. The molecule has 0 atom stereocenters. The van der Waals surface area contributed by atoms with Crippen LogP contribution in [0, 0.1) is 0 Å². The fourth-order valence-corrected chi connectivity index (χ4v) is 3.27. The summed E-state index contributed by atoms with van der Waals surface area (Å²) in [6.45, 7) is 2.83. The van der Waals surface area contributed by atoms with Crippen molar-refractivity contribution in [1.82, 2.24) is 25.1 Å². The molecule has 1 fully saturated rings. The third-order valence-electron chi connectivity index (χ3n) is 4.80. The van der Waals surface area contributed by atoms with Crippen LogP contribution in [0.1, 0.15) is 0 Å². The number of pyridine rings is 1. The molecule has 0 radical (unpaired) electrons. The van der Waals surface area contributed by atoms with Gasteiger partial charge in [-0.15, -0.1) is 0 Å². The molecule has 0 spiro atoms. The van der Waals surface area contributed by atoms with Crippen molar-refractivity contribution in [3.05, 3.63) is 48.8 Å². The third-order valence-corrected chi connectivity index (χ3v) is 4.80. The molecule has 0 saturated carbocycles. The van der Waals surface area contributed by atoms with Crippen LogP contribution < -0.4 is 16.0 Å². The quantitative estimate of drug-likeness (QED) is 0.488. The molecule has 1 aliphatic heterocycles. The van der Waals surface area contributed by atoms with Crippen molar-refractivity contribution in [2.45, 2.75) is 0 Å². The number of hydrogen-bond donors (Lipinski definition) is 3. The summed E-state index contributed by atoms with van der Waals surface area (Å²) in [6.07, 6.45) is 3.52. The SMILES string of the molecule is Nc1ccc(-c2cc(Nc3ccc4cn[nH]c4c3)nc(N3CCOCC3)n2)cn1. The summed E-state index contributed by atoms with van der Waals surface area (Å²) in [4.78, 5) is 15.8. The number of nitrogens with zero attached hydrogens (tertiary/aromatic N) is 5. The molecule has 0 amide bonds. The van der Waals surface area contributed by atoms with Crippen LogP contribution in [0.4, 0.5) is 23.3 Å². The van der Waals surface area contributed by atoms with Crippen molar-refractivity contribution in [2.75, 3.05) is 42.3 Å². The van der Waals surface area contributed by atoms with Crippen LogP contribution in [-0.2, 0) is 4.74 Å². The molecule has 4 aromatic rings. The number of fused-ring (bicyclic) bond motifs is 1. The minimum Gasteiger partial charge on any atom is -0.384 e. The molecule has 146 valence electrons. The zero-order valence-electron chi connectivity index (χ0n) is 15.7. The topological polar surface area (TPSA) is 118 Å². The van der Waals surface area contributed by atoms with Gasteiger partial charge in [-0.3, -0.25) is 5.10 Å². The van der Waals surface area contributed by atoms with E-state index >= 15 is 0 Å². The molecule has 1 aliphatic rings. The van der Waals surface area contributed by atoms with Gasteiger partial charge in [0, 0.05) is 42.0 Å². The number of nitrogen functional groups attached to an aromatic ring is 1. The van der Waals surface area contributed by atoms with Crippen molar-refractivity contribution in [2.24, 2.45) is 0 Å². The van der Waals surface area contributed by atoms with Gasteiger partial charge in [-0.2, -0.15) is 10.1 Å².